The van der Waals surface area contributed by atoms with Crippen LogP contribution in [-0.4, -0.2) is 47.7 Å². The smallest absolute Gasteiger partial charge is 0.117 e. The number of nitrogens with two attached hydrogens (primary N) is 1. The number of unbranched alkanes of at least 4 members (excludes halogenated alkanes) is 6. The zero-order valence-electron chi connectivity index (χ0n) is 18.9. The van der Waals surface area contributed by atoms with E-state index in [1.165, 1.54) is 44.1 Å². The fraction of sp³-hybridized carbons (Fsp3) is 0.739. The molecular weight excluding hydrogens is 362 g/mol. The van der Waals surface area contributed by atoms with Crippen LogP contribution in [0.3, 0.4) is 0 Å². The summed E-state index contributed by atoms with van der Waals surface area (Å²) in [5.74, 6) is 6.28. The van der Waals surface area contributed by atoms with E-state index in [-0.39, 0.29) is 6.17 Å². The number of aliphatic hydroxyl groups is 1. The summed E-state index contributed by atoms with van der Waals surface area (Å²) in [5.41, 5.74) is 4.77. The maximum atomic E-state index is 10.4. The van der Waals surface area contributed by atoms with Crippen molar-refractivity contribution in [2.75, 3.05) is 20.1 Å². The molecule has 1 aromatic rings. The second-order valence-electron chi connectivity index (χ2n) is 7.90. The summed E-state index contributed by atoms with van der Waals surface area (Å²) in [5, 5.41) is 17.2. The van der Waals surface area contributed by atoms with Crippen molar-refractivity contribution >= 4 is 0 Å². The minimum atomic E-state index is -0.506. The van der Waals surface area contributed by atoms with Gasteiger partial charge in [0.05, 0.1) is 6.10 Å². The van der Waals surface area contributed by atoms with Crippen LogP contribution in [0.4, 0.5) is 0 Å². The molecule has 0 aliphatic carbocycles. The van der Waals surface area contributed by atoms with Crippen LogP contribution in [0, 0.1) is 0 Å². The van der Waals surface area contributed by atoms with Crippen molar-refractivity contribution in [1.82, 2.24) is 21.0 Å². The van der Waals surface area contributed by atoms with Crippen molar-refractivity contribution in [3.63, 3.8) is 0 Å². The summed E-state index contributed by atoms with van der Waals surface area (Å²) in [6, 6.07) is 10.7. The first kappa shape index (κ1) is 26.0. The molecule has 5 N–H and O–H groups in total. The highest BCUT2D eigenvalue weighted by Gasteiger charge is 2.25. The minimum Gasteiger partial charge on any atom is -0.390 e. The van der Waals surface area contributed by atoms with Gasteiger partial charge in [-0.2, -0.15) is 5.12 Å². The Labute approximate surface area is 178 Å². The molecule has 168 valence electrons. The quantitative estimate of drug-likeness (QED) is 0.129. The SMILES string of the molecule is CCCCCCNC(C(O)CC)N(N)N(C)NCCCCCCc1ccccc1. The van der Waals surface area contributed by atoms with Gasteiger partial charge in [0.15, 0.2) is 0 Å². The lowest BCUT2D eigenvalue weighted by atomic mass is 10.1. The van der Waals surface area contributed by atoms with Crippen molar-refractivity contribution in [3.05, 3.63) is 35.9 Å². The van der Waals surface area contributed by atoms with Gasteiger partial charge in [0.2, 0.25) is 0 Å². The van der Waals surface area contributed by atoms with Gasteiger partial charge in [-0.1, -0.05) is 76.3 Å². The van der Waals surface area contributed by atoms with E-state index in [2.05, 4.69) is 48.0 Å². The molecule has 6 heteroatoms. The molecule has 0 fully saturated rings. The lowest BCUT2D eigenvalue weighted by molar-refractivity contribution is -0.125. The van der Waals surface area contributed by atoms with Gasteiger partial charge in [-0.15, -0.1) is 5.12 Å². The highest BCUT2D eigenvalue weighted by molar-refractivity contribution is 5.14. The van der Waals surface area contributed by atoms with Gasteiger partial charge in [-0.3, -0.25) is 11.2 Å². The van der Waals surface area contributed by atoms with Crippen LogP contribution >= 0.6 is 0 Å². The average Bonchev–Trinajstić information content (AvgIpc) is 2.75. The van der Waals surface area contributed by atoms with E-state index < -0.39 is 6.10 Å². The summed E-state index contributed by atoms with van der Waals surface area (Å²) in [6.07, 6.45) is 10.6. The average molecular weight is 408 g/mol. The Hall–Kier alpha value is -1.02. The Kier molecular flexibility index (Phi) is 15.0. The maximum absolute atomic E-state index is 10.4. The van der Waals surface area contributed by atoms with Gasteiger partial charge in [0.25, 0.3) is 0 Å². The molecule has 0 aromatic heterocycles. The summed E-state index contributed by atoms with van der Waals surface area (Å²) < 4.78 is 0. The molecule has 2 unspecified atom stereocenters. The predicted molar refractivity (Wildman–Crippen MR) is 123 cm³/mol. The van der Waals surface area contributed by atoms with E-state index in [0.29, 0.717) is 6.42 Å². The molecule has 1 aromatic carbocycles. The normalized spacial score (nSPS) is 13.9. The summed E-state index contributed by atoms with van der Waals surface area (Å²) >= 11 is 0. The van der Waals surface area contributed by atoms with Crippen LogP contribution in [0.15, 0.2) is 30.3 Å². The molecule has 0 saturated carbocycles. The van der Waals surface area contributed by atoms with E-state index in [4.69, 9.17) is 5.84 Å². The Morgan fingerprint density at radius 3 is 2.28 bits per heavy atom. The molecule has 0 saturated heterocycles. The fourth-order valence-electron chi connectivity index (χ4n) is 3.39. The predicted octanol–water partition coefficient (Wildman–Crippen LogP) is 3.58. The maximum Gasteiger partial charge on any atom is 0.117 e. The molecule has 0 spiro atoms. The molecule has 0 heterocycles. The van der Waals surface area contributed by atoms with Crippen molar-refractivity contribution < 1.29 is 5.11 Å². The molecule has 0 aliphatic heterocycles. The van der Waals surface area contributed by atoms with Gasteiger partial charge in [-0.25, -0.2) is 5.43 Å². The Bertz CT molecular complexity index is 487. The summed E-state index contributed by atoms with van der Waals surface area (Å²) in [6.45, 7) is 5.93. The Morgan fingerprint density at radius 2 is 1.59 bits per heavy atom. The van der Waals surface area contributed by atoms with E-state index in [0.717, 1.165) is 32.4 Å². The van der Waals surface area contributed by atoms with Crippen LogP contribution < -0.4 is 16.6 Å². The second-order valence-corrected chi connectivity index (χ2v) is 7.90. The van der Waals surface area contributed by atoms with Crippen molar-refractivity contribution in [2.45, 2.75) is 90.3 Å². The van der Waals surface area contributed by atoms with Crippen LogP contribution in [0.1, 0.15) is 77.2 Å². The monoisotopic (exact) mass is 407 g/mol. The first-order valence-corrected chi connectivity index (χ1v) is 11.6. The van der Waals surface area contributed by atoms with E-state index in [1.54, 1.807) is 10.2 Å². The van der Waals surface area contributed by atoms with Gasteiger partial charge in [-0.05, 0) is 44.2 Å². The lowest BCUT2D eigenvalue weighted by Crippen LogP contribution is -2.64. The highest BCUT2D eigenvalue weighted by atomic mass is 16.3. The molecule has 0 amide bonds. The zero-order chi connectivity index (χ0) is 21.3. The number of hydrogen-bond acceptors (Lipinski definition) is 6. The van der Waals surface area contributed by atoms with E-state index >= 15 is 0 Å². The third-order valence-electron chi connectivity index (χ3n) is 5.37. The first-order valence-electron chi connectivity index (χ1n) is 11.6. The molecule has 2 atom stereocenters. The third-order valence-corrected chi connectivity index (χ3v) is 5.37. The van der Waals surface area contributed by atoms with Gasteiger partial charge in [0, 0.05) is 13.6 Å². The number of rotatable bonds is 18. The third kappa shape index (κ3) is 11.7. The van der Waals surface area contributed by atoms with Crippen LogP contribution in [0.5, 0.6) is 0 Å². The van der Waals surface area contributed by atoms with E-state index in [9.17, 15) is 5.11 Å². The van der Waals surface area contributed by atoms with Gasteiger partial charge >= 0.3 is 0 Å². The number of benzene rings is 1. The van der Waals surface area contributed by atoms with Crippen LogP contribution in [0.2, 0.25) is 0 Å². The largest absolute Gasteiger partial charge is 0.390 e. The zero-order valence-corrected chi connectivity index (χ0v) is 18.9. The van der Waals surface area contributed by atoms with Gasteiger partial charge < -0.3 is 5.11 Å². The summed E-state index contributed by atoms with van der Waals surface area (Å²) in [7, 11) is 1.91. The molecule has 29 heavy (non-hydrogen) atoms. The molecule has 0 radical (unpaired) electrons. The standard InChI is InChI=1S/C23H45N5O/c1-4-6-7-14-19-25-23(22(29)5-2)28(24)27(3)26-20-15-9-8-11-16-21-17-12-10-13-18-21/h10,12-13,17-18,22-23,25-26,29H,4-9,11,14-16,19-20,24H2,1-3H3. The molecule has 1 rings (SSSR count). The first-order chi connectivity index (χ1) is 14.1. The van der Waals surface area contributed by atoms with Crippen LogP contribution in [0.25, 0.3) is 0 Å². The van der Waals surface area contributed by atoms with Crippen molar-refractivity contribution in [3.8, 4) is 0 Å². The van der Waals surface area contributed by atoms with Gasteiger partial charge in [0.1, 0.15) is 6.17 Å². The fourth-order valence-corrected chi connectivity index (χ4v) is 3.39. The number of hydrogen-bond donors (Lipinski definition) is 4. The second kappa shape index (κ2) is 16.7. The highest BCUT2D eigenvalue weighted by Crippen LogP contribution is 2.08. The minimum absolute atomic E-state index is 0.287. The van der Waals surface area contributed by atoms with Crippen LogP contribution in [-0.2, 0) is 6.42 Å². The number of aliphatic hydroxyl groups excluding tert-OH is 1. The topological polar surface area (TPSA) is 76.8 Å². The van der Waals surface area contributed by atoms with Crippen molar-refractivity contribution in [2.24, 2.45) is 5.84 Å². The molecular formula is C23H45N5O. The lowest BCUT2D eigenvalue weighted by Gasteiger charge is -2.37. The Morgan fingerprint density at radius 1 is 0.931 bits per heavy atom. The molecule has 0 aliphatic rings. The Balaban J connectivity index is 2.20. The number of aryl methyl sites for hydroxylation is 1. The summed E-state index contributed by atoms with van der Waals surface area (Å²) in [4.78, 5) is 0. The molecule has 0 bridgehead atoms. The van der Waals surface area contributed by atoms with E-state index in [1.807, 2.05) is 14.0 Å². The number of nitrogens with zero attached hydrogens (tertiary/aromatic N) is 2. The van der Waals surface area contributed by atoms with Crippen molar-refractivity contribution in [1.29, 1.82) is 0 Å². The number of nitrogens with one attached hydrogen (secondary N) is 2. The molecule has 6 nitrogen and oxygen atoms in total. The number of hydrazine groups is 3.